The van der Waals surface area contributed by atoms with Crippen LogP contribution in [-0.4, -0.2) is 40.6 Å². The van der Waals surface area contributed by atoms with E-state index in [0.29, 0.717) is 18.4 Å². The number of nitrogens with one attached hydrogen (secondary N) is 1. The van der Waals surface area contributed by atoms with Gasteiger partial charge in [-0.05, 0) is 51.4 Å². The number of amides is 1. The lowest BCUT2D eigenvalue weighted by molar-refractivity contribution is -0.117. The van der Waals surface area contributed by atoms with Crippen LogP contribution in [0.4, 0.5) is 5.69 Å². The van der Waals surface area contributed by atoms with Crippen LogP contribution in [0.1, 0.15) is 61.4 Å². The highest BCUT2D eigenvalue weighted by molar-refractivity contribution is 5.93. The molecule has 0 bridgehead atoms. The fourth-order valence-corrected chi connectivity index (χ4v) is 3.33. The van der Waals surface area contributed by atoms with Gasteiger partial charge in [0.25, 0.3) is 0 Å². The molecule has 6 heteroatoms. The molecule has 1 saturated heterocycles. The number of carbonyl (C=O) groups excluding carboxylic acids is 1. The van der Waals surface area contributed by atoms with Crippen LogP contribution in [0.25, 0.3) is 0 Å². The van der Waals surface area contributed by atoms with Crippen molar-refractivity contribution < 1.29 is 9.21 Å². The molecule has 0 unspecified atom stereocenters. The van der Waals surface area contributed by atoms with Gasteiger partial charge in [-0.2, -0.15) is 0 Å². The number of rotatable bonds is 5. The molecule has 2 heterocycles. The summed E-state index contributed by atoms with van der Waals surface area (Å²) in [4.78, 5) is 14.5. The first-order valence-corrected chi connectivity index (χ1v) is 9.35. The standard InChI is InChI=1S/C20H28N4O2/c1-13(2)19-22-23-20(26-19)16-7-9-24(10-8-16)12-18(25)21-17-6-5-14(3)11-15(17)4/h5-6,11,13,16H,7-10,12H2,1-4H3,(H,21,25). The van der Waals surface area contributed by atoms with Gasteiger partial charge < -0.3 is 9.73 Å². The quantitative estimate of drug-likeness (QED) is 0.886. The van der Waals surface area contributed by atoms with Gasteiger partial charge in [0.1, 0.15) is 0 Å². The largest absolute Gasteiger partial charge is 0.425 e. The lowest BCUT2D eigenvalue weighted by Crippen LogP contribution is -2.38. The molecule has 0 spiro atoms. The van der Waals surface area contributed by atoms with Gasteiger partial charge in [0.05, 0.1) is 6.54 Å². The third-order valence-corrected chi connectivity index (χ3v) is 4.91. The zero-order chi connectivity index (χ0) is 18.7. The second kappa shape index (κ2) is 7.99. The molecular formula is C20H28N4O2. The number of aryl methyl sites for hydroxylation is 2. The molecule has 1 aromatic carbocycles. The summed E-state index contributed by atoms with van der Waals surface area (Å²) >= 11 is 0. The molecule has 0 radical (unpaired) electrons. The first kappa shape index (κ1) is 18.6. The fourth-order valence-electron chi connectivity index (χ4n) is 3.33. The van der Waals surface area contributed by atoms with Gasteiger partial charge in [-0.15, -0.1) is 10.2 Å². The lowest BCUT2D eigenvalue weighted by Gasteiger charge is -2.29. The molecule has 0 saturated carbocycles. The second-order valence-corrected chi connectivity index (χ2v) is 7.55. The van der Waals surface area contributed by atoms with Crippen molar-refractivity contribution >= 4 is 11.6 Å². The monoisotopic (exact) mass is 356 g/mol. The van der Waals surface area contributed by atoms with Crippen LogP contribution in [0.3, 0.4) is 0 Å². The highest BCUT2D eigenvalue weighted by Crippen LogP contribution is 2.28. The van der Waals surface area contributed by atoms with Crippen molar-refractivity contribution in [3.05, 3.63) is 41.1 Å². The van der Waals surface area contributed by atoms with E-state index in [1.807, 2.05) is 32.9 Å². The van der Waals surface area contributed by atoms with E-state index in [1.165, 1.54) is 5.56 Å². The number of hydrogen-bond acceptors (Lipinski definition) is 5. The molecule has 1 aliphatic heterocycles. The van der Waals surface area contributed by atoms with Crippen molar-refractivity contribution in [3.8, 4) is 0 Å². The van der Waals surface area contributed by atoms with Crippen molar-refractivity contribution in [1.29, 1.82) is 0 Å². The van der Waals surface area contributed by atoms with Gasteiger partial charge in [0, 0.05) is 17.5 Å². The number of carbonyl (C=O) groups is 1. The minimum absolute atomic E-state index is 0.0373. The topological polar surface area (TPSA) is 71.3 Å². The van der Waals surface area contributed by atoms with Crippen LogP contribution < -0.4 is 5.32 Å². The number of likely N-dealkylation sites (tertiary alicyclic amines) is 1. The highest BCUT2D eigenvalue weighted by Gasteiger charge is 2.26. The Hall–Kier alpha value is -2.21. The summed E-state index contributed by atoms with van der Waals surface area (Å²) in [6.07, 6.45) is 1.88. The number of benzene rings is 1. The van der Waals surface area contributed by atoms with Crippen molar-refractivity contribution in [3.63, 3.8) is 0 Å². The lowest BCUT2D eigenvalue weighted by atomic mass is 9.97. The van der Waals surface area contributed by atoms with E-state index in [1.54, 1.807) is 0 Å². The number of aromatic nitrogens is 2. The van der Waals surface area contributed by atoms with Gasteiger partial charge in [-0.1, -0.05) is 31.5 Å². The van der Waals surface area contributed by atoms with Gasteiger partial charge in [0.15, 0.2) is 0 Å². The molecule has 1 aliphatic rings. The van der Waals surface area contributed by atoms with Crippen LogP contribution in [0, 0.1) is 13.8 Å². The summed E-state index contributed by atoms with van der Waals surface area (Å²) in [6, 6.07) is 6.07. The van der Waals surface area contributed by atoms with Crippen LogP contribution in [0.15, 0.2) is 22.6 Å². The molecule has 1 aromatic heterocycles. The molecule has 1 fully saturated rings. The van der Waals surface area contributed by atoms with Crippen LogP contribution in [0.5, 0.6) is 0 Å². The van der Waals surface area contributed by atoms with E-state index in [2.05, 4.69) is 33.4 Å². The first-order valence-electron chi connectivity index (χ1n) is 9.35. The third kappa shape index (κ3) is 4.49. The maximum atomic E-state index is 12.4. The van der Waals surface area contributed by atoms with Gasteiger partial charge in [-0.3, -0.25) is 9.69 Å². The summed E-state index contributed by atoms with van der Waals surface area (Å²) in [5.74, 6) is 2.04. The molecule has 1 N–H and O–H groups in total. The average Bonchev–Trinajstić information content (AvgIpc) is 3.08. The molecule has 1 amide bonds. The molecule has 0 atom stereocenters. The Morgan fingerprint density at radius 2 is 2.00 bits per heavy atom. The molecule has 6 nitrogen and oxygen atoms in total. The molecule has 0 aliphatic carbocycles. The van der Waals surface area contributed by atoms with E-state index in [0.717, 1.165) is 43.1 Å². The number of hydrogen-bond donors (Lipinski definition) is 1. The van der Waals surface area contributed by atoms with Gasteiger partial charge in [0.2, 0.25) is 17.7 Å². The van der Waals surface area contributed by atoms with E-state index in [-0.39, 0.29) is 11.8 Å². The SMILES string of the molecule is Cc1ccc(NC(=O)CN2CCC(c3nnc(C(C)C)o3)CC2)c(C)c1. The van der Waals surface area contributed by atoms with E-state index in [9.17, 15) is 4.79 Å². The molecular weight excluding hydrogens is 328 g/mol. The number of nitrogens with zero attached hydrogens (tertiary/aromatic N) is 3. The van der Waals surface area contributed by atoms with Crippen molar-refractivity contribution in [1.82, 2.24) is 15.1 Å². The zero-order valence-corrected chi connectivity index (χ0v) is 16.1. The Bertz CT molecular complexity index is 761. The summed E-state index contributed by atoms with van der Waals surface area (Å²) in [5.41, 5.74) is 3.18. The summed E-state index contributed by atoms with van der Waals surface area (Å²) in [7, 11) is 0. The van der Waals surface area contributed by atoms with Crippen LogP contribution >= 0.6 is 0 Å². The summed E-state index contributed by atoms with van der Waals surface area (Å²) in [5, 5.41) is 11.4. The Balaban J connectivity index is 1.49. The third-order valence-electron chi connectivity index (χ3n) is 4.91. The Labute approximate surface area is 155 Å². The van der Waals surface area contributed by atoms with E-state index < -0.39 is 0 Å². The predicted molar refractivity (Wildman–Crippen MR) is 101 cm³/mol. The summed E-state index contributed by atoms with van der Waals surface area (Å²) in [6.45, 7) is 10.3. The van der Waals surface area contributed by atoms with Crippen molar-refractivity contribution in [2.75, 3.05) is 25.0 Å². The smallest absolute Gasteiger partial charge is 0.238 e. The second-order valence-electron chi connectivity index (χ2n) is 7.55. The van der Waals surface area contributed by atoms with Crippen molar-refractivity contribution in [2.24, 2.45) is 0 Å². The van der Waals surface area contributed by atoms with E-state index in [4.69, 9.17) is 4.42 Å². The Morgan fingerprint density at radius 1 is 1.27 bits per heavy atom. The van der Waals surface area contributed by atoms with Gasteiger partial charge >= 0.3 is 0 Å². The first-order chi connectivity index (χ1) is 12.4. The maximum Gasteiger partial charge on any atom is 0.238 e. The predicted octanol–water partition coefficient (Wildman–Crippen LogP) is 3.63. The minimum Gasteiger partial charge on any atom is -0.425 e. The number of anilines is 1. The van der Waals surface area contributed by atoms with Crippen LogP contribution in [0.2, 0.25) is 0 Å². The summed E-state index contributed by atoms with van der Waals surface area (Å²) < 4.78 is 5.78. The fraction of sp³-hybridized carbons (Fsp3) is 0.550. The van der Waals surface area contributed by atoms with Crippen molar-refractivity contribution in [2.45, 2.75) is 52.4 Å². The Kier molecular flexibility index (Phi) is 5.71. The van der Waals surface area contributed by atoms with Gasteiger partial charge in [-0.25, -0.2) is 0 Å². The van der Waals surface area contributed by atoms with Crippen LogP contribution in [-0.2, 0) is 4.79 Å². The molecule has 3 rings (SSSR count). The maximum absolute atomic E-state index is 12.4. The Morgan fingerprint density at radius 3 is 2.62 bits per heavy atom. The zero-order valence-electron chi connectivity index (χ0n) is 16.1. The van der Waals surface area contributed by atoms with E-state index >= 15 is 0 Å². The minimum atomic E-state index is 0.0373. The molecule has 140 valence electrons. The normalized spacial score (nSPS) is 16.2. The number of piperidine rings is 1. The molecule has 26 heavy (non-hydrogen) atoms. The highest BCUT2D eigenvalue weighted by atomic mass is 16.4. The average molecular weight is 356 g/mol. The molecule has 2 aromatic rings.